The minimum absolute atomic E-state index is 0.915. The first-order valence-corrected chi connectivity index (χ1v) is 10.3. The highest BCUT2D eigenvalue weighted by atomic mass is 28.4. The van der Waals surface area contributed by atoms with Crippen LogP contribution in [0.15, 0.2) is 66.7 Å². The van der Waals surface area contributed by atoms with Gasteiger partial charge in [-0.2, -0.15) is 0 Å². The summed E-state index contributed by atoms with van der Waals surface area (Å²) in [7, 11) is 1.17. The van der Waals surface area contributed by atoms with Crippen LogP contribution >= 0.6 is 0 Å². The zero-order chi connectivity index (χ0) is 16.8. The number of nitrogens with zero attached hydrogens (tertiary/aromatic N) is 1. The maximum atomic E-state index is 5.88. The van der Waals surface area contributed by atoms with Gasteiger partial charge < -0.3 is 8.85 Å². The van der Waals surface area contributed by atoms with Gasteiger partial charge in [-0.05, 0) is 36.2 Å². The monoisotopic (exact) mass is 337 g/mol. The summed E-state index contributed by atoms with van der Waals surface area (Å²) in [5, 5.41) is 2.37. The predicted octanol–water partition coefficient (Wildman–Crippen LogP) is 3.81. The molecule has 4 heteroatoms. The Labute approximate surface area is 144 Å². The molecule has 0 saturated heterocycles. The molecule has 0 N–H and O–H groups in total. The van der Waals surface area contributed by atoms with Crippen molar-refractivity contribution in [1.82, 2.24) is 4.98 Å². The van der Waals surface area contributed by atoms with Crippen molar-refractivity contribution in [3.05, 3.63) is 72.4 Å². The van der Waals surface area contributed by atoms with E-state index in [1.807, 2.05) is 30.3 Å². The summed E-state index contributed by atoms with van der Waals surface area (Å²) in [5.41, 5.74) is 2.18. The summed E-state index contributed by atoms with van der Waals surface area (Å²) in [4.78, 5) is 4.75. The van der Waals surface area contributed by atoms with Gasteiger partial charge in [0.25, 0.3) is 0 Å². The Hall–Kier alpha value is -2.01. The number of aryl methyl sites for hydroxylation is 1. The quantitative estimate of drug-likeness (QED) is 0.614. The molecule has 3 nitrogen and oxygen atoms in total. The highest BCUT2D eigenvalue weighted by molar-refractivity contribution is 6.81. The molecule has 124 valence electrons. The first-order chi connectivity index (χ1) is 11.8. The average Bonchev–Trinajstić information content (AvgIpc) is 2.66. The van der Waals surface area contributed by atoms with E-state index in [9.17, 15) is 0 Å². The predicted molar refractivity (Wildman–Crippen MR) is 101 cm³/mol. The number of rotatable bonds is 7. The molecule has 0 saturated carbocycles. The zero-order valence-corrected chi connectivity index (χ0v) is 15.2. The van der Waals surface area contributed by atoms with Gasteiger partial charge in [0, 0.05) is 25.3 Å². The van der Waals surface area contributed by atoms with E-state index in [-0.39, 0.29) is 0 Å². The van der Waals surface area contributed by atoms with Crippen LogP contribution in [0.2, 0.25) is 6.04 Å². The minimum atomic E-state index is -2.35. The molecule has 1 heterocycles. The lowest BCUT2D eigenvalue weighted by Crippen LogP contribution is -2.52. The molecular weight excluding hydrogens is 314 g/mol. The average molecular weight is 337 g/mol. The maximum Gasteiger partial charge on any atom is 0.372 e. The van der Waals surface area contributed by atoms with Gasteiger partial charge >= 0.3 is 8.56 Å². The Balaban J connectivity index is 1.70. The van der Waals surface area contributed by atoms with E-state index < -0.39 is 8.56 Å². The molecule has 0 amide bonds. The normalized spacial score (nSPS) is 11.8. The van der Waals surface area contributed by atoms with Crippen LogP contribution < -0.4 is 5.19 Å². The third-order valence-corrected chi connectivity index (χ3v) is 8.01. The van der Waals surface area contributed by atoms with E-state index >= 15 is 0 Å². The van der Waals surface area contributed by atoms with Crippen molar-refractivity contribution in [2.24, 2.45) is 0 Å². The molecule has 1 aromatic heterocycles. The van der Waals surface area contributed by atoms with Crippen LogP contribution in [0.1, 0.15) is 12.1 Å². The molecule has 0 aliphatic rings. The van der Waals surface area contributed by atoms with Crippen LogP contribution in [-0.2, 0) is 15.3 Å². The number of para-hydroxylation sites is 1. The fraction of sp³-hybridized carbons (Fsp3) is 0.250. The lowest BCUT2D eigenvalue weighted by atomic mass is 10.1. The SMILES string of the molecule is CO[Si](CCCc1ccc2ccccc2n1)(OC)c1ccccc1. The summed E-state index contributed by atoms with van der Waals surface area (Å²) in [6.07, 6.45) is 1.92. The van der Waals surface area contributed by atoms with Crippen LogP contribution in [-0.4, -0.2) is 27.8 Å². The van der Waals surface area contributed by atoms with Crippen molar-refractivity contribution in [1.29, 1.82) is 0 Å². The van der Waals surface area contributed by atoms with Crippen LogP contribution in [0.5, 0.6) is 0 Å². The van der Waals surface area contributed by atoms with Crippen LogP contribution in [0.25, 0.3) is 10.9 Å². The summed E-state index contributed by atoms with van der Waals surface area (Å²) in [6, 6.07) is 23.7. The molecule has 0 radical (unpaired) electrons. The molecule has 24 heavy (non-hydrogen) atoms. The minimum Gasteiger partial charge on any atom is -0.394 e. The van der Waals surface area contributed by atoms with E-state index in [2.05, 4.69) is 36.4 Å². The number of fused-ring (bicyclic) bond motifs is 1. The lowest BCUT2D eigenvalue weighted by molar-refractivity contribution is 0.256. The van der Waals surface area contributed by atoms with Crippen molar-refractivity contribution in [2.75, 3.05) is 14.2 Å². The fourth-order valence-corrected chi connectivity index (χ4v) is 5.79. The molecule has 0 atom stereocenters. The van der Waals surface area contributed by atoms with E-state index in [0.29, 0.717) is 0 Å². The molecule has 2 aromatic carbocycles. The second-order valence-electron chi connectivity index (χ2n) is 5.88. The first kappa shape index (κ1) is 16.8. The van der Waals surface area contributed by atoms with Gasteiger partial charge in [-0.1, -0.05) is 54.6 Å². The van der Waals surface area contributed by atoms with Gasteiger partial charge in [0.2, 0.25) is 0 Å². The van der Waals surface area contributed by atoms with Gasteiger partial charge in [-0.15, -0.1) is 0 Å². The number of hydrogen-bond donors (Lipinski definition) is 0. The number of benzene rings is 2. The molecule has 0 aliphatic carbocycles. The van der Waals surface area contributed by atoms with E-state index in [1.54, 1.807) is 14.2 Å². The Morgan fingerprint density at radius 3 is 2.29 bits per heavy atom. The Kier molecular flexibility index (Phi) is 5.40. The number of hydrogen-bond acceptors (Lipinski definition) is 3. The molecule has 0 bridgehead atoms. The summed E-state index contributed by atoms with van der Waals surface area (Å²) in [5.74, 6) is 0. The molecular formula is C20H23NO2Si. The van der Waals surface area contributed by atoms with Crippen LogP contribution in [0.4, 0.5) is 0 Å². The fourth-order valence-electron chi connectivity index (χ4n) is 3.11. The summed E-state index contributed by atoms with van der Waals surface area (Å²) in [6.45, 7) is 0. The number of pyridine rings is 1. The van der Waals surface area contributed by atoms with Gasteiger partial charge in [0.15, 0.2) is 0 Å². The van der Waals surface area contributed by atoms with Gasteiger partial charge in [0.1, 0.15) is 0 Å². The van der Waals surface area contributed by atoms with Crippen LogP contribution in [0, 0.1) is 0 Å². The van der Waals surface area contributed by atoms with Crippen molar-refractivity contribution < 1.29 is 8.85 Å². The standard InChI is InChI=1S/C20H23NO2Si/c1-22-24(23-2,19-11-4-3-5-12-19)16-8-10-18-15-14-17-9-6-7-13-20(17)21-18/h3-7,9,11-15H,8,10,16H2,1-2H3. The lowest BCUT2D eigenvalue weighted by Gasteiger charge is -2.27. The van der Waals surface area contributed by atoms with Crippen LogP contribution in [0.3, 0.4) is 0 Å². The third kappa shape index (κ3) is 3.56. The van der Waals surface area contributed by atoms with Crippen molar-refractivity contribution in [2.45, 2.75) is 18.9 Å². The Morgan fingerprint density at radius 2 is 1.54 bits per heavy atom. The summed E-state index contributed by atoms with van der Waals surface area (Å²) < 4.78 is 11.8. The van der Waals surface area contributed by atoms with E-state index in [1.165, 1.54) is 10.6 Å². The van der Waals surface area contributed by atoms with E-state index in [4.69, 9.17) is 13.8 Å². The van der Waals surface area contributed by atoms with Gasteiger partial charge in [0.05, 0.1) is 5.52 Å². The van der Waals surface area contributed by atoms with Gasteiger partial charge in [-0.25, -0.2) is 0 Å². The summed E-state index contributed by atoms with van der Waals surface area (Å²) >= 11 is 0. The second-order valence-corrected chi connectivity index (χ2v) is 9.28. The maximum absolute atomic E-state index is 5.88. The van der Waals surface area contributed by atoms with Crippen molar-refractivity contribution in [3.63, 3.8) is 0 Å². The zero-order valence-electron chi connectivity index (χ0n) is 14.2. The smallest absolute Gasteiger partial charge is 0.372 e. The molecule has 3 rings (SSSR count). The van der Waals surface area contributed by atoms with Crippen molar-refractivity contribution >= 4 is 24.7 Å². The van der Waals surface area contributed by atoms with Gasteiger partial charge in [-0.3, -0.25) is 4.98 Å². The Bertz CT molecular complexity index is 788. The Morgan fingerprint density at radius 1 is 0.833 bits per heavy atom. The number of aromatic nitrogens is 1. The van der Waals surface area contributed by atoms with Crippen molar-refractivity contribution in [3.8, 4) is 0 Å². The topological polar surface area (TPSA) is 31.4 Å². The highest BCUT2D eigenvalue weighted by Gasteiger charge is 2.37. The molecule has 0 fully saturated rings. The second kappa shape index (κ2) is 7.70. The third-order valence-electron chi connectivity index (χ3n) is 4.47. The highest BCUT2D eigenvalue weighted by Crippen LogP contribution is 2.18. The molecule has 3 aromatic rings. The largest absolute Gasteiger partial charge is 0.394 e. The first-order valence-electron chi connectivity index (χ1n) is 8.28. The molecule has 0 spiro atoms. The van der Waals surface area contributed by atoms with E-state index in [0.717, 1.165) is 30.1 Å². The molecule has 0 aliphatic heterocycles. The molecule has 0 unspecified atom stereocenters.